The zero-order valence-corrected chi connectivity index (χ0v) is 10.2. The molecule has 0 heterocycles. The third kappa shape index (κ3) is 10.0. The van der Waals surface area contributed by atoms with Gasteiger partial charge in [0.2, 0.25) is 5.91 Å². The van der Waals surface area contributed by atoms with Crippen LogP contribution in [0.15, 0.2) is 0 Å². The molecule has 1 amide bonds. The Bertz CT molecular complexity index is 165. The van der Waals surface area contributed by atoms with Crippen molar-refractivity contribution in [1.82, 2.24) is 5.32 Å². The molecule has 0 aliphatic rings. The molecule has 0 aromatic carbocycles. The van der Waals surface area contributed by atoms with Gasteiger partial charge in [0, 0.05) is 25.5 Å². The maximum atomic E-state index is 11.2. The van der Waals surface area contributed by atoms with Crippen molar-refractivity contribution in [2.24, 2.45) is 5.92 Å². The number of carbonyl (C=O) groups is 1. The van der Waals surface area contributed by atoms with E-state index in [0.717, 1.165) is 25.7 Å². The molecule has 1 atom stereocenters. The Labute approximate surface area is 97.2 Å². The number of rotatable bonds is 9. The highest BCUT2D eigenvalue weighted by Gasteiger charge is 2.02. The Kier molecular flexibility index (Phi) is 10.1. The molecule has 0 spiro atoms. The predicted octanol–water partition coefficient (Wildman–Crippen LogP) is 1.92. The van der Waals surface area contributed by atoms with Gasteiger partial charge in [0.15, 0.2) is 0 Å². The van der Waals surface area contributed by atoms with Gasteiger partial charge in [0.1, 0.15) is 0 Å². The van der Waals surface area contributed by atoms with Gasteiger partial charge < -0.3 is 10.4 Å². The van der Waals surface area contributed by atoms with E-state index in [9.17, 15) is 4.79 Å². The first-order valence-electron chi connectivity index (χ1n) is 5.64. The Morgan fingerprint density at radius 3 is 2.73 bits per heavy atom. The monoisotopic (exact) mass is 235 g/mol. The third-order valence-electron chi connectivity index (χ3n) is 2.30. The van der Waals surface area contributed by atoms with Gasteiger partial charge in [-0.15, -0.1) is 11.6 Å². The molecule has 0 saturated heterocycles. The molecule has 1 unspecified atom stereocenters. The van der Waals surface area contributed by atoms with E-state index < -0.39 is 0 Å². The molecule has 0 saturated carbocycles. The Balaban J connectivity index is 3.23. The SMILES string of the molecule is CC(CO)CCCNC(=O)CCCCCl. The lowest BCUT2D eigenvalue weighted by atomic mass is 10.1. The van der Waals surface area contributed by atoms with Crippen LogP contribution in [0.25, 0.3) is 0 Å². The largest absolute Gasteiger partial charge is 0.396 e. The summed E-state index contributed by atoms with van der Waals surface area (Å²) in [6.07, 6.45) is 4.22. The van der Waals surface area contributed by atoms with Crippen LogP contribution in [0, 0.1) is 5.92 Å². The number of halogens is 1. The lowest BCUT2D eigenvalue weighted by Crippen LogP contribution is -2.24. The maximum Gasteiger partial charge on any atom is 0.219 e. The van der Waals surface area contributed by atoms with Gasteiger partial charge >= 0.3 is 0 Å². The van der Waals surface area contributed by atoms with E-state index in [2.05, 4.69) is 5.32 Å². The number of aliphatic hydroxyl groups excluding tert-OH is 1. The molecule has 0 radical (unpaired) electrons. The maximum absolute atomic E-state index is 11.2. The van der Waals surface area contributed by atoms with Gasteiger partial charge in [-0.25, -0.2) is 0 Å². The Morgan fingerprint density at radius 2 is 2.13 bits per heavy atom. The van der Waals surface area contributed by atoms with E-state index in [1.54, 1.807) is 0 Å². The molecular weight excluding hydrogens is 214 g/mol. The fourth-order valence-corrected chi connectivity index (χ4v) is 1.43. The Morgan fingerprint density at radius 1 is 1.40 bits per heavy atom. The van der Waals surface area contributed by atoms with E-state index in [0.29, 0.717) is 24.8 Å². The van der Waals surface area contributed by atoms with Gasteiger partial charge in [-0.05, 0) is 31.6 Å². The van der Waals surface area contributed by atoms with Crippen molar-refractivity contribution in [2.75, 3.05) is 19.0 Å². The average Bonchev–Trinajstić information content (AvgIpc) is 2.24. The predicted molar refractivity (Wildman–Crippen MR) is 63.1 cm³/mol. The van der Waals surface area contributed by atoms with Gasteiger partial charge in [0.25, 0.3) is 0 Å². The second-order valence-corrected chi connectivity index (χ2v) is 4.30. The van der Waals surface area contributed by atoms with Gasteiger partial charge in [-0.3, -0.25) is 4.79 Å². The van der Waals surface area contributed by atoms with Crippen LogP contribution in [0.2, 0.25) is 0 Å². The summed E-state index contributed by atoms with van der Waals surface area (Å²) in [6.45, 7) is 2.94. The highest BCUT2D eigenvalue weighted by molar-refractivity contribution is 6.17. The fourth-order valence-electron chi connectivity index (χ4n) is 1.24. The quantitative estimate of drug-likeness (QED) is 0.474. The van der Waals surface area contributed by atoms with E-state index in [4.69, 9.17) is 16.7 Å². The van der Waals surface area contributed by atoms with Crippen molar-refractivity contribution < 1.29 is 9.90 Å². The minimum Gasteiger partial charge on any atom is -0.396 e. The lowest BCUT2D eigenvalue weighted by Gasteiger charge is -2.08. The number of amides is 1. The smallest absolute Gasteiger partial charge is 0.219 e. The molecule has 0 aromatic heterocycles. The summed E-state index contributed by atoms with van der Waals surface area (Å²) in [5, 5.41) is 11.6. The van der Waals surface area contributed by atoms with Crippen molar-refractivity contribution in [2.45, 2.75) is 39.0 Å². The number of hydrogen-bond donors (Lipinski definition) is 2. The summed E-state index contributed by atoms with van der Waals surface area (Å²) < 4.78 is 0. The normalized spacial score (nSPS) is 12.5. The number of hydrogen-bond acceptors (Lipinski definition) is 2. The summed E-state index contributed by atoms with van der Waals surface area (Å²) in [4.78, 5) is 11.2. The summed E-state index contributed by atoms with van der Waals surface area (Å²) in [5.74, 6) is 1.07. The summed E-state index contributed by atoms with van der Waals surface area (Å²) >= 11 is 5.51. The van der Waals surface area contributed by atoms with Crippen LogP contribution in [0.5, 0.6) is 0 Å². The zero-order valence-electron chi connectivity index (χ0n) is 9.47. The molecule has 0 rings (SSSR count). The number of nitrogens with one attached hydrogen (secondary N) is 1. The van der Waals surface area contributed by atoms with Crippen molar-refractivity contribution in [3.8, 4) is 0 Å². The van der Waals surface area contributed by atoms with Crippen molar-refractivity contribution in [3.63, 3.8) is 0 Å². The molecule has 0 aliphatic carbocycles. The molecule has 0 aromatic rings. The topological polar surface area (TPSA) is 49.3 Å². The van der Waals surface area contributed by atoms with E-state index in [1.807, 2.05) is 6.92 Å². The Hall–Kier alpha value is -0.280. The van der Waals surface area contributed by atoms with Crippen LogP contribution >= 0.6 is 11.6 Å². The zero-order chi connectivity index (χ0) is 11.5. The molecule has 2 N–H and O–H groups in total. The molecule has 15 heavy (non-hydrogen) atoms. The van der Waals surface area contributed by atoms with Gasteiger partial charge in [-0.1, -0.05) is 6.92 Å². The number of alkyl halides is 1. The first-order chi connectivity index (χ1) is 7.20. The molecule has 0 aliphatic heterocycles. The average molecular weight is 236 g/mol. The molecule has 0 bridgehead atoms. The molecule has 90 valence electrons. The second-order valence-electron chi connectivity index (χ2n) is 3.93. The van der Waals surface area contributed by atoms with Crippen LogP contribution in [-0.2, 0) is 4.79 Å². The van der Waals surface area contributed by atoms with Crippen LogP contribution in [-0.4, -0.2) is 30.0 Å². The van der Waals surface area contributed by atoms with Crippen LogP contribution < -0.4 is 5.32 Å². The first kappa shape index (κ1) is 14.7. The van der Waals surface area contributed by atoms with Gasteiger partial charge in [-0.2, -0.15) is 0 Å². The second kappa shape index (κ2) is 10.2. The summed E-state index contributed by atoms with van der Waals surface area (Å²) in [7, 11) is 0. The molecule has 0 fully saturated rings. The van der Waals surface area contributed by atoms with E-state index in [-0.39, 0.29) is 12.5 Å². The van der Waals surface area contributed by atoms with Crippen LogP contribution in [0.3, 0.4) is 0 Å². The fraction of sp³-hybridized carbons (Fsp3) is 0.909. The van der Waals surface area contributed by atoms with E-state index in [1.165, 1.54) is 0 Å². The van der Waals surface area contributed by atoms with Crippen molar-refractivity contribution >= 4 is 17.5 Å². The number of carbonyl (C=O) groups excluding carboxylic acids is 1. The number of unbranched alkanes of at least 4 members (excludes halogenated alkanes) is 1. The summed E-state index contributed by atoms with van der Waals surface area (Å²) in [5.41, 5.74) is 0. The lowest BCUT2D eigenvalue weighted by molar-refractivity contribution is -0.121. The highest BCUT2D eigenvalue weighted by Crippen LogP contribution is 2.03. The van der Waals surface area contributed by atoms with Crippen LogP contribution in [0.1, 0.15) is 39.0 Å². The van der Waals surface area contributed by atoms with Crippen molar-refractivity contribution in [3.05, 3.63) is 0 Å². The molecule has 3 nitrogen and oxygen atoms in total. The third-order valence-corrected chi connectivity index (χ3v) is 2.56. The van der Waals surface area contributed by atoms with Gasteiger partial charge in [0.05, 0.1) is 0 Å². The molecular formula is C11H22ClNO2. The van der Waals surface area contributed by atoms with E-state index >= 15 is 0 Å². The van der Waals surface area contributed by atoms with Crippen LogP contribution in [0.4, 0.5) is 0 Å². The van der Waals surface area contributed by atoms with Crippen molar-refractivity contribution in [1.29, 1.82) is 0 Å². The highest BCUT2D eigenvalue weighted by atomic mass is 35.5. The first-order valence-corrected chi connectivity index (χ1v) is 6.17. The number of aliphatic hydroxyl groups is 1. The summed E-state index contributed by atoms with van der Waals surface area (Å²) in [6, 6.07) is 0. The minimum absolute atomic E-state index is 0.108. The standard InChI is InChI=1S/C11H22ClNO2/c1-10(9-14)5-4-8-13-11(15)6-2-3-7-12/h10,14H,2-9H2,1H3,(H,13,15). The minimum atomic E-state index is 0.108. The molecule has 4 heteroatoms.